The van der Waals surface area contributed by atoms with Gasteiger partial charge in [-0.2, -0.15) is 0 Å². The van der Waals surface area contributed by atoms with E-state index in [0.717, 1.165) is 23.1 Å². The minimum Gasteiger partial charge on any atom is -0.343 e. The van der Waals surface area contributed by atoms with E-state index in [4.69, 9.17) is 0 Å². The zero-order chi connectivity index (χ0) is 11.3. The Bertz CT molecular complexity index is 334. The summed E-state index contributed by atoms with van der Waals surface area (Å²) in [6, 6.07) is 7.88. The molecule has 82 valence electrons. The van der Waals surface area contributed by atoms with Crippen molar-refractivity contribution in [1.82, 2.24) is 4.90 Å². The van der Waals surface area contributed by atoms with E-state index in [1.165, 1.54) is 0 Å². The van der Waals surface area contributed by atoms with E-state index in [1.54, 1.807) is 0 Å². The van der Waals surface area contributed by atoms with Crippen molar-refractivity contribution in [2.45, 2.75) is 20.3 Å². The molecule has 0 radical (unpaired) electrons. The van der Waals surface area contributed by atoms with E-state index in [1.807, 2.05) is 43.0 Å². The molecule has 1 aromatic carbocycles. The molecule has 0 saturated carbocycles. The maximum absolute atomic E-state index is 11.8. The molecule has 0 saturated heterocycles. The van der Waals surface area contributed by atoms with Crippen molar-refractivity contribution in [3.05, 3.63) is 34.3 Å². The first-order valence-corrected chi connectivity index (χ1v) is 5.98. The summed E-state index contributed by atoms with van der Waals surface area (Å²) in [5.41, 5.74) is 1.06. The molecule has 0 aliphatic carbocycles. The van der Waals surface area contributed by atoms with Crippen LogP contribution in [0, 0.1) is 0 Å². The van der Waals surface area contributed by atoms with Crippen molar-refractivity contribution in [2.24, 2.45) is 0 Å². The van der Waals surface area contributed by atoms with Crippen molar-refractivity contribution in [2.75, 3.05) is 13.1 Å². The van der Waals surface area contributed by atoms with Gasteiger partial charge in [0.1, 0.15) is 0 Å². The van der Waals surface area contributed by atoms with E-state index in [9.17, 15) is 4.79 Å². The number of hydrogen-bond donors (Lipinski definition) is 0. The number of rotatable bonds is 4. The topological polar surface area (TPSA) is 20.3 Å². The lowest BCUT2D eigenvalue weighted by molar-refractivity contribution is -0.130. The molecule has 1 amide bonds. The Balaban J connectivity index is 2.65. The number of nitrogens with zero attached hydrogens (tertiary/aromatic N) is 1. The lowest BCUT2D eigenvalue weighted by Crippen LogP contribution is -2.31. The summed E-state index contributed by atoms with van der Waals surface area (Å²) in [4.78, 5) is 13.6. The number of likely N-dealkylation sites (N-methyl/N-ethyl adjacent to an activating group) is 1. The first-order valence-electron chi connectivity index (χ1n) is 5.19. The molecule has 2 nitrogen and oxygen atoms in total. The number of halogens is 1. The van der Waals surface area contributed by atoms with Crippen molar-refractivity contribution in [1.29, 1.82) is 0 Å². The third kappa shape index (κ3) is 3.67. The fraction of sp³-hybridized carbons (Fsp3) is 0.417. The summed E-state index contributed by atoms with van der Waals surface area (Å²) in [7, 11) is 0. The van der Waals surface area contributed by atoms with Crippen molar-refractivity contribution >= 4 is 21.8 Å². The van der Waals surface area contributed by atoms with Gasteiger partial charge in [-0.1, -0.05) is 28.1 Å². The third-order valence-corrected chi connectivity index (χ3v) is 2.85. The zero-order valence-corrected chi connectivity index (χ0v) is 10.8. The first kappa shape index (κ1) is 12.2. The van der Waals surface area contributed by atoms with E-state index < -0.39 is 0 Å². The number of benzene rings is 1. The Morgan fingerprint density at radius 2 is 2.00 bits per heavy atom. The van der Waals surface area contributed by atoms with E-state index in [0.29, 0.717) is 6.42 Å². The van der Waals surface area contributed by atoms with Crippen LogP contribution in [0.2, 0.25) is 0 Å². The normalized spacial score (nSPS) is 10.1. The lowest BCUT2D eigenvalue weighted by atomic mass is 10.1. The Morgan fingerprint density at radius 3 is 2.53 bits per heavy atom. The zero-order valence-electron chi connectivity index (χ0n) is 9.16. The van der Waals surface area contributed by atoms with Crippen LogP contribution in [0.4, 0.5) is 0 Å². The van der Waals surface area contributed by atoms with Gasteiger partial charge in [0.15, 0.2) is 0 Å². The predicted octanol–water partition coefficient (Wildman–Crippen LogP) is 2.86. The fourth-order valence-electron chi connectivity index (χ4n) is 1.51. The second kappa shape index (κ2) is 5.91. The highest BCUT2D eigenvalue weighted by Crippen LogP contribution is 2.12. The molecule has 0 unspecified atom stereocenters. The average molecular weight is 270 g/mol. The molecule has 0 spiro atoms. The van der Waals surface area contributed by atoms with Crippen LogP contribution in [0.25, 0.3) is 0 Å². The second-order valence-electron chi connectivity index (χ2n) is 3.37. The van der Waals surface area contributed by atoms with Crippen LogP contribution < -0.4 is 0 Å². The van der Waals surface area contributed by atoms with Crippen LogP contribution in [0.1, 0.15) is 19.4 Å². The van der Waals surface area contributed by atoms with Crippen molar-refractivity contribution in [3.63, 3.8) is 0 Å². The fourth-order valence-corrected chi connectivity index (χ4v) is 1.96. The van der Waals surface area contributed by atoms with Gasteiger partial charge in [0, 0.05) is 17.6 Å². The molecule has 0 heterocycles. The molecule has 15 heavy (non-hydrogen) atoms. The first-order chi connectivity index (χ1) is 7.17. The monoisotopic (exact) mass is 269 g/mol. The van der Waals surface area contributed by atoms with E-state index in [-0.39, 0.29) is 5.91 Å². The average Bonchev–Trinajstić information content (AvgIpc) is 2.19. The highest BCUT2D eigenvalue weighted by Gasteiger charge is 2.09. The van der Waals surface area contributed by atoms with Crippen LogP contribution in [0.5, 0.6) is 0 Å². The van der Waals surface area contributed by atoms with Gasteiger partial charge in [0.2, 0.25) is 5.91 Å². The molecule has 1 rings (SSSR count). The molecular weight excluding hydrogens is 254 g/mol. The molecule has 3 heteroatoms. The minimum atomic E-state index is 0.193. The van der Waals surface area contributed by atoms with Crippen LogP contribution in [-0.4, -0.2) is 23.9 Å². The summed E-state index contributed by atoms with van der Waals surface area (Å²) >= 11 is 3.40. The molecule has 0 bridgehead atoms. The van der Waals surface area contributed by atoms with Gasteiger partial charge in [-0.25, -0.2) is 0 Å². The molecule has 0 atom stereocenters. The molecule has 0 aliphatic rings. The summed E-state index contributed by atoms with van der Waals surface area (Å²) < 4.78 is 1.02. The maximum Gasteiger partial charge on any atom is 0.226 e. The standard InChI is InChI=1S/C12H16BrNO/c1-3-14(4-2)12(15)9-10-6-5-7-11(13)8-10/h5-8H,3-4,9H2,1-2H3. The van der Waals surface area contributed by atoms with Crippen LogP contribution in [0.3, 0.4) is 0 Å². The highest BCUT2D eigenvalue weighted by molar-refractivity contribution is 9.10. The number of amides is 1. The van der Waals surface area contributed by atoms with Crippen molar-refractivity contribution in [3.8, 4) is 0 Å². The minimum absolute atomic E-state index is 0.193. The van der Waals surface area contributed by atoms with Crippen LogP contribution >= 0.6 is 15.9 Å². The van der Waals surface area contributed by atoms with Gasteiger partial charge in [0.05, 0.1) is 6.42 Å². The highest BCUT2D eigenvalue weighted by atomic mass is 79.9. The van der Waals surface area contributed by atoms with Crippen LogP contribution in [-0.2, 0) is 11.2 Å². The Morgan fingerprint density at radius 1 is 1.33 bits per heavy atom. The predicted molar refractivity (Wildman–Crippen MR) is 65.8 cm³/mol. The van der Waals surface area contributed by atoms with Gasteiger partial charge in [-0.3, -0.25) is 4.79 Å². The van der Waals surface area contributed by atoms with Gasteiger partial charge in [-0.05, 0) is 31.5 Å². The smallest absolute Gasteiger partial charge is 0.226 e. The molecule has 0 aliphatic heterocycles. The number of carbonyl (C=O) groups is 1. The molecule has 0 aromatic heterocycles. The summed E-state index contributed by atoms with van der Waals surface area (Å²) in [6.45, 7) is 5.57. The Hall–Kier alpha value is -0.830. The number of carbonyl (C=O) groups excluding carboxylic acids is 1. The van der Waals surface area contributed by atoms with Gasteiger partial charge in [-0.15, -0.1) is 0 Å². The summed E-state index contributed by atoms with van der Waals surface area (Å²) in [5, 5.41) is 0. The van der Waals surface area contributed by atoms with Crippen LogP contribution in [0.15, 0.2) is 28.7 Å². The van der Waals surface area contributed by atoms with Crippen molar-refractivity contribution < 1.29 is 4.79 Å². The van der Waals surface area contributed by atoms with Gasteiger partial charge < -0.3 is 4.90 Å². The Labute approximate surface area is 99.4 Å². The Kier molecular flexibility index (Phi) is 4.82. The summed E-state index contributed by atoms with van der Waals surface area (Å²) in [5.74, 6) is 0.193. The quantitative estimate of drug-likeness (QED) is 0.823. The number of hydrogen-bond acceptors (Lipinski definition) is 1. The lowest BCUT2D eigenvalue weighted by Gasteiger charge is -2.18. The van der Waals surface area contributed by atoms with E-state index >= 15 is 0 Å². The molecule has 0 fully saturated rings. The second-order valence-corrected chi connectivity index (χ2v) is 4.29. The van der Waals surface area contributed by atoms with Gasteiger partial charge in [0.25, 0.3) is 0 Å². The van der Waals surface area contributed by atoms with Gasteiger partial charge >= 0.3 is 0 Å². The molecule has 1 aromatic rings. The van der Waals surface area contributed by atoms with E-state index in [2.05, 4.69) is 15.9 Å². The summed E-state index contributed by atoms with van der Waals surface area (Å²) in [6.07, 6.45) is 0.487. The molecular formula is C12H16BrNO. The third-order valence-electron chi connectivity index (χ3n) is 2.36. The largest absolute Gasteiger partial charge is 0.343 e. The SMILES string of the molecule is CCN(CC)C(=O)Cc1cccc(Br)c1. The molecule has 0 N–H and O–H groups in total. The maximum atomic E-state index is 11.8.